The van der Waals surface area contributed by atoms with E-state index in [1.54, 1.807) is 0 Å². The first-order chi connectivity index (χ1) is 12.1. The highest BCUT2D eigenvalue weighted by atomic mass is 16.5. The van der Waals surface area contributed by atoms with Crippen LogP contribution in [0.5, 0.6) is 0 Å². The molecule has 0 fully saturated rings. The number of hydrogen-bond acceptors (Lipinski definition) is 4. The lowest BCUT2D eigenvalue weighted by molar-refractivity contribution is -0.140. The van der Waals surface area contributed by atoms with Gasteiger partial charge in [-0.15, -0.1) is 0 Å². The average molecular weight is 359 g/mol. The van der Waals surface area contributed by atoms with E-state index in [2.05, 4.69) is 11.7 Å². The molecule has 0 aromatic carbocycles. The number of carbonyl (C=O) groups is 1. The fourth-order valence-electron chi connectivity index (χ4n) is 3.35. The SMILES string of the molecule is CCCCCCCCCC(CO)(CO)CCCCCCCC(=O)OC. The fraction of sp³-hybridized carbons (Fsp3) is 0.952. The monoisotopic (exact) mass is 358 g/mol. The van der Waals surface area contributed by atoms with Crippen LogP contribution in [0.1, 0.15) is 103 Å². The highest BCUT2D eigenvalue weighted by Crippen LogP contribution is 2.31. The van der Waals surface area contributed by atoms with Gasteiger partial charge in [0.1, 0.15) is 0 Å². The summed E-state index contributed by atoms with van der Waals surface area (Å²) in [6.45, 7) is 2.40. The minimum absolute atomic E-state index is 0.0850. The van der Waals surface area contributed by atoms with Crippen LogP contribution in [0.3, 0.4) is 0 Å². The van der Waals surface area contributed by atoms with Gasteiger partial charge in [-0.2, -0.15) is 0 Å². The number of aliphatic hydroxyl groups excluding tert-OH is 2. The van der Waals surface area contributed by atoms with Crippen LogP contribution in [-0.4, -0.2) is 36.5 Å². The van der Waals surface area contributed by atoms with E-state index in [0.29, 0.717) is 6.42 Å². The Balaban J connectivity index is 3.77. The lowest BCUT2D eigenvalue weighted by Gasteiger charge is -2.30. The molecule has 0 amide bonds. The standard InChI is InChI=1S/C21H42O4/c1-3-4-5-6-7-10-13-16-21(18-22,19-23)17-14-11-8-9-12-15-20(24)25-2/h22-23H,3-19H2,1-2H3. The number of carbonyl (C=O) groups excluding carboxylic acids is 1. The highest BCUT2D eigenvalue weighted by Gasteiger charge is 2.27. The molecular weight excluding hydrogens is 316 g/mol. The molecule has 0 atom stereocenters. The Morgan fingerprint density at radius 1 is 0.760 bits per heavy atom. The molecule has 2 N–H and O–H groups in total. The summed E-state index contributed by atoms with van der Waals surface area (Å²) in [6.07, 6.45) is 16.3. The summed E-state index contributed by atoms with van der Waals surface area (Å²) in [6, 6.07) is 0. The van der Waals surface area contributed by atoms with Crippen LogP contribution in [0.4, 0.5) is 0 Å². The zero-order valence-corrected chi connectivity index (χ0v) is 16.7. The molecule has 25 heavy (non-hydrogen) atoms. The zero-order chi connectivity index (χ0) is 18.8. The van der Waals surface area contributed by atoms with Crippen LogP contribution in [0.25, 0.3) is 0 Å². The largest absolute Gasteiger partial charge is 0.469 e. The fourth-order valence-corrected chi connectivity index (χ4v) is 3.35. The van der Waals surface area contributed by atoms with Crippen LogP contribution in [0, 0.1) is 5.41 Å². The van der Waals surface area contributed by atoms with Crippen LogP contribution in [0.2, 0.25) is 0 Å². The first-order valence-corrected chi connectivity index (χ1v) is 10.4. The molecule has 0 saturated heterocycles. The summed E-state index contributed by atoms with van der Waals surface area (Å²) in [5.74, 6) is -0.130. The molecule has 4 heteroatoms. The molecule has 0 aromatic rings. The normalized spacial score (nSPS) is 11.7. The van der Waals surface area contributed by atoms with Gasteiger partial charge >= 0.3 is 5.97 Å². The second kappa shape index (κ2) is 16.8. The molecule has 0 saturated carbocycles. The van der Waals surface area contributed by atoms with E-state index in [1.165, 1.54) is 45.6 Å². The van der Waals surface area contributed by atoms with Gasteiger partial charge in [0, 0.05) is 11.8 Å². The third-order valence-corrected chi connectivity index (χ3v) is 5.30. The third kappa shape index (κ3) is 13.3. The average Bonchev–Trinajstić information content (AvgIpc) is 2.64. The predicted molar refractivity (Wildman–Crippen MR) is 104 cm³/mol. The number of aliphatic hydroxyl groups is 2. The molecule has 0 spiro atoms. The van der Waals surface area contributed by atoms with Gasteiger partial charge in [0.15, 0.2) is 0 Å². The van der Waals surface area contributed by atoms with Crippen molar-refractivity contribution in [1.29, 1.82) is 0 Å². The Hall–Kier alpha value is -0.610. The number of methoxy groups -OCH3 is 1. The molecule has 0 heterocycles. The van der Waals surface area contributed by atoms with Gasteiger partial charge in [0.05, 0.1) is 20.3 Å². The van der Waals surface area contributed by atoms with Gasteiger partial charge in [0.25, 0.3) is 0 Å². The summed E-state index contributed by atoms with van der Waals surface area (Å²) in [7, 11) is 1.43. The molecule has 0 bridgehead atoms. The Bertz CT molecular complexity index is 300. The Labute approximate surface area is 155 Å². The maximum absolute atomic E-state index is 11.0. The Kier molecular flexibility index (Phi) is 16.4. The molecule has 0 rings (SSSR count). The van der Waals surface area contributed by atoms with Gasteiger partial charge in [-0.1, -0.05) is 77.6 Å². The molecule has 0 unspecified atom stereocenters. The predicted octanol–water partition coefficient (Wildman–Crippen LogP) is 5.00. The molecule has 0 aliphatic carbocycles. The number of unbranched alkanes of at least 4 members (excludes halogenated alkanes) is 10. The third-order valence-electron chi connectivity index (χ3n) is 5.30. The van der Waals surface area contributed by atoms with Crippen LogP contribution in [0.15, 0.2) is 0 Å². The smallest absolute Gasteiger partial charge is 0.305 e. The van der Waals surface area contributed by atoms with E-state index in [4.69, 9.17) is 0 Å². The summed E-state index contributed by atoms with van der Waals surface area (Å²) in [5.41, 5.74) is -0.296. The molecule has 0 aromatic heterocycles. The van der Waals surface area contributed by atoms with Crippen molar-refractivity contribution in [3.8, 4) is 0 Å². The van der Waals surface area contributed by atoms with E-state index in [0.717, 1.165) is 51.4 Å². The Morgan fingerprint density at radius 3 is 1.64 bits per heavy atom. The first-order valence-electron chi connectivity index (χ1n) is 10.4. The van der Waals surface area contributed by atoms with Gasteiger partial charge in [-0.25, -0.2) is 0 Å². The molecule has 0 radical (unpaired) electrons. The van der Waals surface area contributed by atoms with Gasteiger partial charge < -0.3 is 14.9 Å². The lowest BCUT2D eigenvalue weighted by Crippen LogP contribution is -2.30. The van der Waals surface area contributed by atoms with Crippen LogP contribution >= 0.6 is 0 Å². The van der Waals surface area contributed by atoms with Crippen molar-refractivity contribution in [3.05, 3.63) is 0 Å². The summed E-state index contributed by atoms with van der Waals surface area (Å²) >= 11 is 0. The first kappa shape index (κ1) is 24.4. The van der Waals surface area contributed by atoms with Crippen molar-refractivity contribution in [3.63, 3.8) is 0 Å². The lowest BCUT2D eigenvalue weighted by atomic mass is 9.79. The highest BCUT2D eigenvalue weighted by molar-refractivity contribution is 5.68. The van der Waals surface area contributed by atoms with Gasteiger partial charge in [0.2, 0.25) is 0 Å². The number of rotatable bonds is 18. The number of esters is 1. The van der Waals surface area contributed by atoms with Crippen LogP contribution in [-0.2, 0) is 9.53 Å². The maximum Gasteiger partial charge on any atom is 0.305 e. The quantitative estimate of drug-likeness (QED) is 0.267. The Morgan fingerprint density at radius 2 is 1.20 bits per heavy atom. The maximum atomic E-state index is 11.0. The van der Waals surface area contributed by atoms with Gasteiger partial charge in [-0.05, 0) is 19.3 Å². The van der Waals surface area contributed by atoms with Gasteiger partial charge in [-0.3, -0.25) is 4.79 Å². The topological polar surface area (TPSA) is 66.8 Å². The van der Waals surface area contributed by atoms with E-state index in [-0.39, 0.29) is 24.6 Å². The van der Waals surface area contributed by atoms with Crippen molar-refractivity contribution in [2.24, 2.45) is 5.41 Å². The molecule has 150 valence electrons. The van der Waals surface area contributed by atoms with E-state index in [1.807, 2.05) is 0 Å². The summed E-state index contributed by atoms with van der Waals surface area (Å²) < 4.78 is 4.63. The van der Waals surface area contributed by atoms with Crippen molar-refractivity contribution < 1.29 is 19.7 Å². The minimum atomic E-state index is -0.296. The molecular formula is C21H42O4. The summed E-state index contributed by atoms with van der Waals surface area (Å²) in [5, 5.41) is 19.5. The van der Waals surface area contributed by atoms with E-state index < -0.39 is 0 Å². The van der Waals surface area contributed by atoms with E-state index in [9.17, 15) is 15.0 Å². The van der Waals surface area contributed by atoms with Crippen molar-refractivity contribution >= 4 is 5.97 Å². The van der Waals surface area contributed by atoms with Crippen LogP contribution < -0.4 is 0 Å². The van der Waals surface area contributed by atoms with Crippen molar-refractivity contribution in [2.45, 2.75) is 103 Å². The number of ether oxygens (including phenoxy) is 1. The zero-order valence-electron chi connectivity index (χ0n) is 16.7. The molecule has 0 aliphatic rings. The van der Waals surface area contributed by atoms with Crippen molar-refractivity contribution in [2.75, 3.05) is 20.3 Å². The minimum Gasteiger partial charge on any atom is -0.469 e. The van der Waals surface area contributed by atoms with Crippen molar-refractivity contribution in [1.82, 2.24) is 0 Å². The second-order valence-corrected chi connectivity index (χ2v) is 7.53. The summed E-state index contributed by atoms with van der Waals surface area (Å²) in [4.78, 5) is 11.0. The molecule has 4 nitrogen and oxygen atoms in total. The number of hydrogen-bond donors (Lipinski definition) is 2. The molecule has 0 aliphatic heterocycles. The second-order valence-electron chi connectivity index (χ2n) is 7.53. The van der Waals surface area contributed by atoms with E-state index >= 15 is 0 Å².